The van der Waals surface area contributed by atoms with Crippen molar-refractivity contribution in [2.75, 3.05) is 13.6 Å². The second-order valence-electron chi connectivity index (χ2n) is 6.99. The molecule has 0 saturated heterocycles. The van der Waals surface area contributed by atoms with Gasteiger partial charge in [-0.15, -0.1) is 0 Å². The highest BCUT2D eigenvalue weighted by atomic mass is 16.3. The molecule has 0 atom stereocenters. The zero-order valence-corrected chi connectivity index (χ0v) is 14.1. The quantitative estimate of drug-likeness (QED) is 0.890. The molecule has 1 aliphatic rings. The Balaban J connectivity index is 1.60. The molecule has 124 valence electrons. The Kier molecular flexibility index (Phi) is 4.44. The topological polar surface area (TPSA) is 56.3 Å². The predicted octanol–water partition coefficient (Wildman–Crippen LogP) is 3.17. The average Bonchev–Trinajstić information content (AvgIpc) is 3.12. The van der Waals surface area contributed by atoms with E-state index in [0.717, 1.165) is 37.6 Å². The van der Waals surface area contributed by atoms with Crippen molar-refractivity contribution in [1.82, 2.24) is 9.88 Å². The highest BCUT2D eigenvalue weighted by molar-refractivity contribution is 5.86. The van der Waals surface area contributed by atoms with Crippen LogP contribution in [0.4, 0.5) is 0 Å². The minimum atomic E-state index is -0.664. The third kappa shape index (κ3) is 3.42. The van der Waals surface area contributed by atoms with Crippen molar-refractivity contribution >= 4 is 16.8 Å². The molecule has 4 nitrogen and oxygen atoms in total. The molecule has 1 aromatic heterocycles. The van der Waals surface area contributed by atoms with Gasteiger partial charge in [0.15, 0.2) is 0 Å². The number of aromatic nitrogens is 1. The second-order valence-corrected chi connectivity index (χ2v) is 6.99. The van der Waals surface area contributed by atoms with Gasteiger partial charge in [0, 0.05) is 37.1 Å². The number of carbonyl (C=O) groups is 1. The molecule has 1 fully saturated rings. The summed E-state index contributed by atoms with van der Waals surface area (Å²) in [5.74, 6) is 0.104. The molecule has 2 N–H and O–H groups in total. The van der Waals surface area contributed by atoms with Gasteiger partial charge in [0.25, 0.3) is 0 Å². The van der Waals surface area contributed by atoms with Gasteiger partial charge in [0.05, 0.1) is 5.60 Å². The van der Waals surface area contributed by atoms with E-state index in [1.807, 2.05) is 6.20 Å². The summed E-state index contributed by atoms with van der Waals surface area (Å²) in [6, 6.07) is 6.24. The van der Waals surface area contributed by atoms with Crippen LogP contribution in [0, 0.1) is 6.92 Å². The number of aromatic amines is 1. The zero-order valence-electron chi connectivity index (χ0n) is 14.1. The van der Waals surface area contributed by atoms with E-state index in [1.54, 1.807) is 11.9 Å². The van der Waals surface area contributed by atoms with E-state index >= 15 is 0 Å². The first kappa shape index (κ1) is 16.1. The third-order valence-electron chi connectivity index (χ3n) is 5.11. The lowest BCUT2D eigenvalue weighted by molar-refractivity contribution is -0.133. The van der Waals surface area contributed by atoms with Crippen molar-refractivity contribution in [2.24, 2.45) is 0 Å². The number of aliphatic hydroxyl groups is 1. The summed E-state index contributed by atoms with van der Waals surface area (Å²) in [5.41, 5.74) is 2.90. The molecule has 2 aromatic rings. The molecule has 1 amide bonds. The van der Waals surface area contributed by atoms with Crippen molar-refractivity contribution in [3.05, 3.63) is 35.5 Å². The second kappa shape index (κ2) is 6.36. The van der Waals surface area contributed by atoms with Crippen LogP contribution in [-0.4, -0.2) is 40.1 Å². The molecular weight excluding hydrogens is 288 g/mol. The molecular formula is C19H26N2O2. The Morgan fingerprint density at radius 1 is 1.35 bits per heavy atom. The number of nitrogens with one attached hydrogen (secondary N) is 1. The molecule has 1 saturated carbocycles. The summed E-state index contributed by atoms with van der Waals surface area (Å²) < 4.78 is 0. The largest absolute Gasteiger partial charge is 0.388 e. The zero-order chi connectivity index (χ0) is 16.4. The van der Waals surface area contributed by atoms with Gasteiger partial charge in [0.1, 0.15) is 0 Å². The standard InChI is InChI=1S/C19H26N2O2/c1-14-6-5-7-16-15(12-20-18(14)16)8-9-17(22)21(2)13-19(23)10-3-4-11-19/h5-7,12,20,23H,3-4,8-11,13H2,1-2H3. The summed E-state index contributed by atoms with van der Waals surface area (Å²) in [5, 5.41) is 11.6. The number of hydrogen-bond acceptors (Lipinski definition) is 2. The van der Waals surface area contributed by atoms with Crippen LogP contribution in [0.25, 0.3) is 10.9 Å². The first-order valence-electron chi connectivity index (χ1n) is 8.50. The van der Waals surface area contributed by atoms with Gasteiger partial charge in [-0.1, -0.05) is 31.0 Å². The van der Waals surface area contributed by atoms with E-state index in [4.69, 9.17) is 0 Å². The van der Waals surface area contributed by atoms with Gasteiger partial charge >= 0.3 is 0 Å². The number of rotatable bonds is 5. The van der Waals surface area contributed by atoms with Crippen LogP contribution in [0.1, 0.15) is 43.2 Å². The Hall–Kier alpha value is -1.81. The van der Waals surface area contributed by atoms with Gasteiger partial charge in [-0.2, -0.15) is 0 Å². The van der Waals surface area contributed by atoms with Gasteiger partial charge in [0.2, 0.25) is 5.91 Å². The van der Waals surface area contributed by atoms with Gasteiger partial charge < -0.3 is 15.0 Å². The summed E-state index contributed by atoms with van der Waals surface area (Å²) >= 11 is 0. The lowest BCUT2D eigenvalue weighted by Crippen LogP contribution is -2.42. The summed E-state index contributed by atoms with van der Waals surface area (Å²) in [6.07, 6.45) is 6.97. The van der Waals surface area contributed by atoms with E-state index in [9.17, 15) is 9.90 Å². The minimum Gasteiger partial charge on any atom is -0.388 e. The number of hydrogen-bond donors (Lipinski definition) is 2. The molecule has 0 unspecified atom stereocenters. The maximum atomic E-state index is 12.4. The van der Waals surface area contributed by atoms with E-state index in [1.165, 1.54) is 16.5 Å². The molecule has 1 heterocycles. The average molecular weight is 314 g/mol. The Morgan fingerprint density at radius 3 is 2.83 bits per heavy atom. The minimum absolute atomic E-state index is 0.104. The van der Waals surface area contributed by atoms with Crippen molar-refractivity contribution in [3.63, 3.8) is 0 Å². The van der Waals surface area contributed by atoms with Crippen LogP contribution in [-0.2, 0) is 11.2 Å². The fourth-order valence-corrected chi connectivity index (χ4v) is 3.72. The van der Waals surface area contributed by atoms with Crippen molar-refractivity contribution in [2.45, 2.75) is 51.0 Å². The van der Waals surface area contributed by atoms with Gasteiger partial charge in [-0.3, -0.25) is 4.79 Å². The monoisotopic (exact) mass is 314 g/mol. The van der Waals surface area contributed by atoms with Crippen LogP contribution in [0.15, 0.2) is 24.4 Å². The molecule has 23 heavy (non-hydrogen) atoms. The molecule has 1 aromatic carbocycles. The number of H-pyrrole nitrogens is 1. The van der Waals surface area contributed by atoms with E-state index in [2.05, 4.69) is 30.1 Å². The van der Waals surface area contributed by atoms with E-state index < -0.39 is 5.60 Å². The molecule has 1 aliphatic carbocycles. The van der Waals surface area contributed by atoms with E-state index in [0.29, 0.717) is 13.0 Å². The number of amides is 1. The maximum absolute atomic E-state index is 12.4. The fourth-order valence-electron chi connectivity index (χ4n) is 3.72. The van der Waals surface area contributed by atoms with Crippen molar-refractivity contribution in [3.8, 4) is 0 Å². The molecule has 0 aliphatic heterocycles. The van der Waals surface area contributed by atoms with Gasteiger partial charge in [-0.05, 0) is 37.3 Å². The Labute approximate surface area is 137 Å². The van der Waals surface area contributed by atoms with Crippen molar-refractivity contribution in [1.29, 1.82) is 0 Å². The molecule has 4 heteroatoms. The summed E-state index contributed by atoms with van der Waals surface area (Å²) in [6.45, 7) is 2.54. The predicted molar refractivity (Wildman–Crippen MR) is 92.4 cm³/mol. The first-order valence-corrected chi connectivity index (χ1v) is 8.50. The number of carbonyl (C=O) groups excluding carboxylic acids is 1. The Bertz CT molecular complexity index is 698. The summed E-state index contributed by atoms with van der Waals surface area (Å²) in [4.78, 5) is 17.4. The van der Waals surface area contributed by atoms with Gasteiger partial charge in [-0.25, -0.2) is 0 Å². The van der Waals surface area contributed by atoms with Crippen LogP contribution in [0.5, 0.6) is 0 Å². The third-order valence-corrected chi connectivity index (χ3v) is 5.11. The van der Waals surface area contributed by atoms with Crippen LogP contribution < -0.4 is 0 Å². The number of benzene rings is 1. The maximum Gasteiger partial charge on any atom is 0.222 e. The molecule has 0 radical (unpaired) electrons. The number of likely N-dealkylation sites (N-methyl/N-ethyl adjacent to an activating group) is 1. The highest BCUT2D eigenvalue weighted by Crippen LogP contribution is 2.30. The molecule has 3 rings (SSSR count). The smallest absolute Gasteiger partial charge is 0.222 e. The van der Waals surface area contributed by atoms with Crippen LogP contribution >= 0.6 is 0 Å². The fraction of sp³-hybridized carbons (Fsp3) is 0.526. The highest BCUT2D eigenvalue weighted by Gasteiger charge is 2.33. The molecule has 0 bridgehead atoms. The lowest BCUT2D eigenvalue weighted by atomic mass is 10.0. The Morgan fingerprint density at radius 2 is 2.09 bits per heavy atom. The lowest BCUT2D eigenvalue weighted by Gasteiger charge is -2.28. The van der Waals surface area contributed by atoms with E-state index in [-0.39, 0.29) is 5.91 Å². The number of aryl methyl sites for hydroxylation is 2. The normalized spacial score (nSPS) is 16.8. The van der Waals surface area contributed by atoms with Crippen LogP contribution in [0.3, 0.4) is 0 Å². The number of fused-ring (bicyclic) bond motifs is 1. The van der Waals surface area contributed by atoms with Crippen LogP contribution in [0.2, 0.25) is 0 Å². The summed E-state index contributed by atoms with van der Waals surface area (Å²) in [7, 11) is 1.80. The van der Waals surface area contributed by atoms with Crippen molar-refractivity contribution < 1.29 is 9.90 Å². The first-order chi connectivity index (χ1) is 11.0. The molecule has 0 spiro atoms. The SMILES string of the molecule is Cc1cccc2c(CCC(=O)N(C)CC3(O)CCCC3)c[nH]c12. The number of nitrogens with zero attached hydrogens (tertiary/aromatic N) is 1. The number of para-hydroxylation sites is 1.